The van der Waals surface area contributed by atoms with Crippen LogP contribution in [0.5, 0.6) is 0 Å². The van der Waals surface area contributed by atoms with E-state index in [0.717, 1.165) is 30.0 Å². The monoisotopic (exact) mass is 425 g/mol. The fraction of sp³-hybridized carbons (Fsp3) is 0.182. The van der Waals surface area contributed by atoms with Gasteiger partial charge in [0.1, 0.15) is 23.2 Å². The molecular formula is C22H15F4N5. The molecule has 1 aliphatic carbocycles. The highest BCUT2D eigenvalue weighted by atomic mass is 19.4. The van der Waals surface area contributed by atoms with Crippen molar-refractivity contribution in [2.45, 2.75) is 24.9 Å². The van der Waals surface area contributed by atoms with Gasteiger partial charge in [-0.3, -0.25) is 0 Å². The lowest BCUT2D eigenvalue weighted by Crippen LogP contribution is -2.07. The molecule has 9 heteroatoms. The normalized spacial score (nSPS) is 14.1. The molecule has 5 rings (SSSR count). The number of nitrogens with zero attached hydrogens (tertiary/aromatic N) is 4. The van der Waals surface area contributed by atoms with E-state index in [1.165, 1.54) is 12.5 Å². The summed E-state index contributed by atoms with van der Waals surface area (Å²) in [7, 11) is 0. The summed E-state index contributed by atoms with van der Waals surface area (Å²) in [6.07, 6.45) is 0.360. The van der Waals surface area contributed by atoms with Crippen LogP contribution < -0.4 is 5.32 Å². The molecule has 156 valence electrons. The summed E-state index contributed by atoms with van der Waals surface area (Å²) in [6, 6.07) is 9.98. The summed E-state index contributed by atoms with van der Waals surface area (Å²) >= 11 is 0. The van der Waals surface area contributed by atoms with Gasteiger partial charge in [-0.2, -0.15) is 13.2 Å². The van der Waals surface area contributed by atoms with Gasteiger partial charge in [0.25, 0.3) is 0 Å². The third-order valence-electron chi connectivity index (χ3n) is 5.14. The van der Waals surface area contributed by atoms with E-state index in [2.05, 4.69) is 25.3 Å². The van der Waals surface area contributed by atoms with Crippen LogP contribution in [0.25, 0.3) is 22.4 Å². The number of hydrogen-bond donors (Lipinski definition) is 1. The molecule has 31 heavy (non-hydrogen) atoms. The highest BCUT2D eigenvalue weighted by Crippen LogP contribution is 2.44. The Hall–Kier alpha value is -3.62. The van der Waals surface area contributed by atoms with Crippen LogP contribution in [0.15, 0.2) is 55.0 Å². The Morgan fingerprint density at radius 2 is 1.77 bits per heavy atom. The lowest BCUT2D eigenvalue weighted by atomic mass is 10.0. The number of nitrogens with one attached hydrogen (secondary N) is 1. The smallest absolute Gasteiger partial charge is 0.336 e. The molecule has 4 aromatic rings. The maximum Gasteiger partial charge on any atom is 0.416 e. The lowest BCUT2D eigenvalue weighted by Gasteiger charge is -2.13. The van der Waals surface area contributed by atoms with E-state index in [9.17, 15) is 17.6 Å². The van der Waals surface area contributed by atoms with Gasteiger partial charge in [-0.15, -0.1) is 0 Å². The van der Waals surface area contributed by atoms with Crippen LogP contribution in [-0.4, -0.2) is 19.9 Å². The minimum absolute atomic E-state index is 0.0933. The largest absolute Gasteiger partial charge is 0.416 e. The number of fused-ring (bicyclic) bond motifs is 1. The number of rotatable bonds is 4. The molecule has 0 amide bonds. The standard InChI is InChI=1S/C22H15F4N5/c23-16-8-7-13(22(24,25)26)9-17(16)30-21-19-18(28-11-29-21)10-27-20(31-19)15-4-2-1-3-14(15)12-5-6-12/h1-4,7-12H,5-6H2,(H,28,29,30). The second kappa shape index (κ2) is 7.26. The Labute approximate surface area is 174 Å². The van der Waals surface area contributed by atoms with E-state index in [0.29, 0.717) is 29.4 Å². The third kappa shape index (κ3) is 3.78. The van der Waals surface area contributed by atoms with Gasteiger partial charge in [-0.05, 0) is 42.5 Å². The first-order chi connectivity index (χ1) is 14.9. The van der Waals surface area contributed by atoms with Crippen LogP contribution in [0.1, 0.15) is 29.9 Å². The quantitative estimate of drug-likeness (QED) is 0.415. The van der Waals surface area contributed by atoms with Crippen LogP contribution in [0.2, 0.25) is 0 Å². The van der Waals surface area contributed by atoms with Crippen molar-refractivity contribution < 1.29 is 17.6 Å². The number of aromatic nitrogens is 4. The van der Waals surface area contributed by atoms with Crippen molar-refractivity contribution in [1.82, 2.24) is 19.9 Å². The van der Waals surface area contributed by atoms with E-state index in [1.54, 1.807) is 0 Å². The molecule has 0 aliphatic heterocycles. The SMILES string of the molecule is Fc1ccc(C(F)(F)F)cc1Nc1ncnc2cnc(-c3ccccc3C3CC3)nc12. The lowest BCUT2D eigenvalue weighted by molar-refractivity contribution is -0.137. The molecule has 2 aromatic heterocycles. The summed E-state index contributed by atoms with van der Waals surface area (Å²) in [5, 5.41) is 2.64. The van der Waals surface area contributed by atoms with Gasteiger partial charge in [0.2, 0.25) is 0 Å². The van der Waals surface area contributed by atoms with Gasteiger partial charge in [0.15, 0.2) is 11.6 Å². The maximum absolute atomic E-state index is 14.2. The summed E-state index contributed by atoms with van der Waals surface area (Å²) in [5.74, 6) is 0.181. The molecule has 1 aliphatic rings. The Kier molecular flexibility index (Phi) is 4.53. The van der Waals surface area contributed by atoms with E-state index in [1.807, 2.05) is 24.3 Å². The number of anilines is 2. The van der Waals surface area contributed by atoms with Gasteiger partial charge in [-0.1, -0.05) is 24.3 Å². The van der Waals surface area contributed by atoms with Crippen LogP contribution >= 0.6 is 0 Å². The van der Waals surface area contributed by atoms with Gasteiger partial charge in [-0.25, -0.2) is 24.3 Å². The molecule has 5 nitrogen and oxygen atoms in total. The van der Waals surface area contributed by atoms with Crippen molar-refractivity contribution in [2.24, 2.45) is 0 Å². The predicted molar refractivity (Wildman–Crippen MR) is 107 cm³/mol. The number of halogens is 4. The minimum Gasteiger partial charge on any atom is -0.336 e. The summed E-state index contributed by atoms with van der Waals surface area (Å²) in [6.45, 7) is 0. The van der Waals surface area contributed by atoms with Crippen molar-refractivity contribution in [3.05, 3.63) is 71.9 Å². The zero-order valence-electron chi connectivity index (χ0n) is 16.0. The number of hydrogen-bond acceptors (Lipinski definition) is 5. The Morgan fingerprint density at radius 3 is 2.55 bits per heavy atom. The average Bonchev–Trinajstić information content (AvgIpc) is 3.60. The summed E-state index contributed by atoms with van der Waals surface area (Å²) < 4.78 is 53.4. The van der Waals surface area contributed by atoms with E-state index >= 15 is 0 Å². The van der Waals surface area contributed by atoms with Gasteiger partial charge >= 0.3 is 6.18 Å². The maximum atomic E-state index is 14.2. The third-order valence-corrected chi connectivity index (χ3v) is 5.14. The van der Waals surface area contributed by atoms with E-state index < -0.39 is 17.6 Å². The molecule has 0 unspecified atom stereocenters. The molecule has 1 fully saturated rings. The van der Waals surface area contributed by atoms with Crippen molar-refractivity contribution >= 4 is 22.5 Å². The van der Waals surface area contributed by atoms with Gasteiger partial charge in [0.05, 0.1) is 17.4 Å². The van der Waals surface area contributed by atoms with Crippen LogP contribution in [-0.2, 0) is 6.18 Å². The zero-order chi connectivity index (χ0) is 21.6. The zero-order valence-corrected chi connectivity index (χ0v) is 16.0. The van der Waals surface area contributed by atoms with Crippen LogP contribution in [0, 0.1) is 5.82 Å². The molecule has 2 heterocycles. The second-order valence-electron chi connectivity index (χ2n) is 7.33. The molecule has 0 radical (unpaired) electrons. The number of benzene rings is 2. The molecule has 0 saturated heterocycles. The molecule has 1 N–H and O–H groups in total. The van der Waals surface area contributed by atoms with Crippen molar-refractivity contribution in [2.75, 3.05) is 5.32 Å². The first kappa shape index (κ1) is 19.3. The highest BCUT2D eigenvalue weighted by molar-refractivity contribution is 5.87. The molecule has 0 spiro atoms. The van der Waals surface area contributed by atoms with Crippen molar-refractivity contribution in [1.29, 1.82) is 0 Å². The fourth-order valence-corrected chi connectivity index (χ4v) is 3.45. The van der Waals surface area contributed by atoms with E-state index in [4.69, 9.17) is 0 Å². The second-order valence-corrected chi connectivity index (χ2v) is 7.33. The first-order valence-corrected chi connectivity index (χ1v) is 9.61. The first-order valence-electron chi connectivity index (χ1n) is 9.61. The van der Waals surface area contributed by atoms with Crippen LogP contribution in [0.3, 0.4) is 0 Å². The number of alkyl halides is 3. The fourth-order valence-electron chi connectivity index (χ4n) is 3.45. The molecule has 0 atom stereocenters. The predicted octanol–water partition coefficient (Wildman–Crippen LogP) is 5.87. The van der Waals surface area contributed by atoms with E-state index in [-0.39, 0.29) is 17.0 Å². The summed E-state index contributed by atoms with van der Waals surface area (Å²) in [5.41, 5.74) is 1.38. The topological polar surface area (TPSA) is 63.6 Å². The highest BCUT2D eigenvalue weighted by Gasteiger charge is 2.31. The average molecular weight is 425 g/mol. The minimum atomic E-state index is -4.60. The van der Waals surface area contributed by atoms with Crippen LogP contribution in [0.4, 0.5) is 29.1 Å². The Balaban J connectivity index is 1.59. The van der Waals surface area contributed by atoms with Crippen molar-refractivity contribution in [3.63, 3.8) is 0 Å². The Morgan fingerprint density at radius 1 is 0.968 bits per heavy atom. The van der Waals surface area contributed by atoms with Gasteiger partial charge < -0.3 is 5.32 Å². The molecular weight excluding hydrogens is 410 g/mol. The molecule has 2 aromatic carbocycles. The Bertz CT molecular complexity index is 1280. The molecule has 1 saturated carbocycles. The summed E-state index contributed by atoms with van der Waals surface area (Å²) in [4.78, 5) is 17.2. The molecule has 0 bridgehead atoms. The van der Waals surface area contributed by atoms with Gasteiger partial charge in [0, 0.05) is 5.56 Å². The van der Waals surface area contributed by atoms with Crippen molar-refractivity contribution in [3.8, 4) is 11.4 Å².